The fourth-order valence-corrected chi connectivity index (χ4v) is 6.80. The van der Waals surface area contributed by atoms with Crippen LogP contribution < -0.4 is 10.1 Å². The van der Waals surface area contributed by atoms with Gasteiger partial charge in [0, 0.05) is 24.2 Å². The number of fused-ring (bicyclic) bond motifs is 5. The molecule has 3 fully saturated rings. The molecule has 4 aromatic rings. The predicted octanol–water partition coefficient (Wildman–Crippen LogP) is 6.02. The number of amides is 1. The number of carbonyl (C=O) groups excluding carboxylic acids is 1. The van der Waals surface area contributed by atoms with E-state index >= 15 is 0 Å². The summed E-state index contributed by atoms with van der Waals surface area (Å²) in [5.74, 6) is 1.72. The van der Waals surface area contributed by atoms with Gasteiger partial charge in [-0.25, -0.2) is 4.79 Å². The molecule has 6 atom stereocenters. The highest BCUT2D eigenvalue weighted by Crippen LogP contribution is 2.43. The number of rotatable bonds is 8. The standard InChI is InChI=1S/C33H37N3O4/c1-21(26-9-5-7-22-6-3-4-8-27(22)26)35-33(38)40-17-14-24-20-36-16-13-23(24)18-31(36)32(37)28-12-15-34-30-11-10-25(39-2)19-29(28)30/h3-12,15,19,21,23-24,31-32,37H,13-14,16-18,20H2,1-2H3,(H,35,38)/t21-,23-,24-,31-,32+/m0/s1. The molecule has 0 aliphatic carbocycles. The number of aliphatic hydroxyl groups excluding tert-OH is 1. The van der Waals surface area contributed by atoms with E-state index in [4.69, 9.17) is 9.47 Å². The first-order chi connectivity index (χ1) is 19.5. The molecule has 7 rings (SSSR count). The maximum absolute atomic E-state index is 12.6. The molecule has 1 unspecified atom stereocenters. The van der Waals surface area contributed by atoms with Crippen LogP contribution in [0.4, 0.5) is 4.79 Å². The van der Waals surface area contributed by atoms with E-state index in [-0.39, 0.29) is 18.2 Å². The summed E-state index contributed by atoms with van der Waals surface area (Å²) in [6.45, 7) is 4.28. The van der Waals surface area contributed by atoms with Crippen LogP contribution in [-0.2, 0) is 4.74 Å². The number of aliphatic hydroxyl groups is 1. The Morgan fingerprint density at radius 1 is 1.10 bits per heavy atom. The molecule has 7 nitrogen and oxygen atoms in total. The molecule has 0 saturated carbocycles. The van der Waals surface area contributed by atoms with E-state index in [1.165, 1.54) is 0 Å². The van der Waals surface area contributed by atoms with Crippen molar-refractivity contribution in [1.82, 2.24) is 15.2 Å². The number of methoxy groups -OCH3 is 1. The first-order valence-corrected chi connectivity index (χ1v) is 14.3. The lowest BCUT2D eigenvalue weighted by Gasteiger charge is -2.51. The van der Waals surface area contributed by atoms with E-state index in [1.807, 2.05) is 49.4 Å². The maximum Gasteiger partial charge on any atom is 0.407 e. The summed E-state index contributed by atoms with van der Waals surface area (Å²) in [4.78, 5) is 19.5. The fraction of sp³-hybridized carbons (Fsp3) is 0.394. The molecular formula is C33H37N3O4. The molecule has 2 N–H and O–H groups in total. The number of benzene rings is 3. The van der Waals surface area contributed by atoms with E-state index in [9.17, 15) is 9.90 Å². The van der Waals surface area contributed by atoms with E-state index < -0.39 is 6.10 Å². The number of pyridine rings is 1. The first-order valence-electron chi connectivity index (χ1n) is 14.3. The molecule has 208 valence electrons. The van der Waals surface area contributed by atoms with Crippen LogP contribution in [0.1, 0.15) is 49.5 Å². The third kappa shape index (κ3) is 5.23. The second-order valence-electron chi connectivity index (χ2n) is 11.2. The number of piperidine rings is 3. The van der Waals surface area contributed by atoms with Gasteiger partial charge in [0.05, 0.1) is 31.4 Å². The number of hydrogen-bond donors (Lipinski definition) is 2. The highest BCUT2D eigenvalue weighted by atomic mass is 16.5. The molecule has 3 aromatic carbocycles. The Kier molecular flexibility index (Phi) is 7.59. The molecule has 1 amide bonds. The topological polar surface area (TPSA) is 83.9 Å². The molecule has 4 heterocycles. The zero-order valence-corrected chi connectivity index (χ0v) is 23.1. The lowest BCUT2D eigenvalue weighted by atomic mass is 9.72. The lowest BCUT2D eigenvalue weighted by Crippen LogP contribution is -2.55. The van der Waals surface area contributed by atoms with Crippen molar-refractivity contribution in [2.75, 3.05) is 26.8 Å². The van der Waals surface area contributed by atoms with Crippen molar-refractivity contribution >= 4 is 27.8 Å². The van der Waals surface area contributed by atoms with Crippen molar-refractivity contribution in [3.8, 4) is 5.75 Å². The Balaban J connectivity index is 1.04. The van der Waals surface area contributed by atoms with Gasteiger partial charge < -0.3 is 19.9 Å². The van der Waals surface area contributed by atoms with Gasteiger partial charge >= 0.3 is 6.09 Å². The van der Waals surface area contributed by atoms with Crippen molar-refractivity contribution in [1.29, 1.82) is 0 Å². The minimum Gasteiger partial charge on any atom is -0.497 e. The summed E-state index contributed by atoms with van der Waals surface area (Å²) in [5.41, 5.74) is 2.84. The van der Waals surface area contributed by atoms with Crippen LogP contribution in [0.15, 0.2) is 72.9 Å². The number of ether oxygens (including phenoxy) is 2. The highest BCUT2D eigenvalue weighted by molar-refractivity contribution is 5.86. The Labute approximate surface area is 235 Å². The van der Waals surface area contributed by atoms with Gasteiger partial charge in [-0.3, -0.25) is 9.88 Å². The van der Waals surface area contributed by atoms with Crippen LogP contribution in [-0.4, -0.2) is 53.9 Å². The van der Waals surface area contributed by atoms with Gasteiger partial charge in [0.15, 0.2) is 0 Å². The van der Waals surface area contributed by atoms with Crippen molar-refractivity contribution in [2.24, 2.45) is 11.8 Å². The van der Waals surface area contributed by atoms with Gasteiger partial charge in [-0.05, 0) is 90.7 Å². The van der Waals surface area contributed by atoms with E-state index in [0.29, 0.717) is 18.4 Å². The average Bonchev–Trinajstić information content (AvgIpc) is 3.00. The zero-order chi connectivity index (χ0) is 27.6. The van der Waals surface area contributed by atoms with Crippen LogP contribution in [0.5, 0.6) is 5.75 Å². The van der Waals surface area contributed by atoms with Crippen LogP contribution in [0.25, 0.3) is 21.7 Å². The van der Waals surface area contributed by atoms with Gasteiger partial charge in [-0.1, -0.05) is 42.5 Å². The Morgan fingerprint density at radius 2 is 1.95 bits per heavy atom. The van der Waals surface area contributed by atoms with E-state index in [2.05, 4.69) is 39.5 Å². The number of carbonyl (C=O) groups is 1. The van der Waals surface area contributed by atoms with Crippen molar-refractivity contribution in [3.63, 3.8) is 0 Å². The number of alkyl carbamates (subject to hydrolysis) is 1. The molecule has 40 heavy (non-hydrogen) atoms. The molecule has 2 bridgehead atoms. The SMILES string of the molecule is COc1ccc2nccc([C@@H](O)[C@@H]3C[C@@H]4CCN3C[C@@H]4CCOC(=O)N[C@@H](C)c3cccc4ccccc34)c2c1. The number of hydrogen-bond acceptors (Lipinski definition) is 6. The quantitative estimate of drug-likeness (QED) is 0.285. The molecule has 1 aromatic heterocycles. The Bertz CT molecular complexity index is 1500. The van der Waals surface area contributed by atoms with Crippen molar-refractivity contribution < 1.29 is 19.4 Å². The van der Waals surface area contributed by atoms with Crippen LogP contribution in [0, 0.1) is 11.8 Å². The van der Waals surface area contributed by atoms with Gasteiger partial charge in [-0.15, -0.1) is 0 Å². The second-order valence-corrected chi connectivity index (χ2v) is 11.2. The molecule has 0 spiro atoms. The van der Waals surface area contributed by atoms with Gasteiger partial charge in [0.2, 0.25) is 0 Å². The first kappa shape index (κ1) is 26.5. The van der Waals surface area contributed by atoms with Gasteiger partial charge in [0.1, 0.15) is 5.75 Å². The number of nitrogens with one attached hydrogen (secondary N) is 1. The summed E-state index contributed by atoms with van der Waals surface area (Å²) < 4.78 is 11.1. The largest absolute Gasteiger partial charge is 0.497 e. The minimum atomic E-state index is -0.598. The van der Waals surface area contributed by atoms with Crippen molar-refractivity contribution in [2.45, 2.75) is 44.4 Å². The summed E-state index contributed by atoms with van der Waals surface area (Å²) in [5, 5.41) is 17.8. The summed E-state index contributed by atoms with van der Waals surface area (Å²) in [6, 6.07) is 22.0. The van der Waals surface area contributed by atoms with Crippen LogP contribution in [0.2, 0.25) is 0 Å². The summed E-state index contributed by atoms with van der Waals surface area (Å²) >= 11 is 0. The second kappa shape index (κ2) is 11.4. The molecular weight excluding hydrogens is 502 g/mol. The Morgan fingerprint density at radius 3 is 2.77 bits per heavy atom. The molecule has 7 heteroatoms. The third-order valence-electron chi connectivity index (χ3n) is 8.95. The highest BCUT2D eigenvalue weighted by Gasteiger charge is 2.43. The maximum atomic E-state index is 12.6. The lowest BCUT2D eigenvalue weighted by molar-refractivity contribution is -0.0603. The molecule has 3 aliphatic rings. The predicted molar refractivity (Wildman–Crippen MR) is 156 cm³/mol. The number of aromatic nitrogens is 1. The van der Waals surface area contributed by atoms with Crippen molar-refractivity contribution in [3.05, 3.63) is 84.1 Å². The zero-order valence-electron chi connectivity index (χ0n) is 23.1. The van der Waals surface area contributed by atoms with E-state index in [1.54, 1.807) is 13.3 Å². The molecule has 3 aliphatic heterocycles. The molecule has 3 saturated heterocycles. The third-order valence-corrected chi connectivity index (χ3v) is 8.95. The summed E-state index contributed by atoms with van der Waals surface area (Å²) in [7, 11) is 1.65. The van der Waals surface area contributed by atoms with Gasteiger partial charge in [0.25, 0.3) is 0 Å². The smallest absolute Gasteiger partial charge is 0.407 e. The van der Waals surface area contributed by atoms with E-state index in [0.717, 1.165) is 70.9 Å². The fourth-order valence-electron chi connectivity index (χ4n) is 6.80. The monoisotopic (exact) mass is 539 g/mol. The summed E-state index contributed by atoms with van der Waals surface area (Å²) in [6.07, 6.45) is 3.67. The minimum absolute atomic E-state index is 0.0672. The number of nitrogens with zero attached hydrogens (tertiary/aromatic N) is 2. The van der Waals surface area contributed by atoms with Crippen LogP contribution >= 0.6 is 0 Å². The molecule has 0 radical (unpaired) electrons. The Hall–Kier alpha value is -3.68. The van der Waals surface area contributed by atoms with Gasteiger partial charge in [-0.2, -0.15) is 0 Å². The van der Waals surface area contributed by atoms with Crippen LogP contribution in [0.3, 0.4) is 0 Å². The average molecular weight is 540 g/mol. The normalized spacial score (nSPS) is 23.6.